The van der Waals surface area contributed by atoms with E-state index in [2.05, 4.69) is 20.8 Å². The lowest BCUT2D eigenvalue weighted by atomic mass is 9.71. The first kappa shape index (κ1) is 21.0. The van der Waals surface area contributed by atoms with E-state index in [0.29, 0.717) is 12.0 Å². The molecule has 0 heterocycles. The fraction of sp³-hybridized carbons (Fsp3) is 0.588. The Morgan fingerprint density at radius 1 is 1.24 bits per heavy atom. The zero-order valence-corrected chi connectivity index (χ0v) is 17.0. The number of nitro groups is 1. The lowest BCUT2D eigenvalue weighted by Gasteiger charge is -2.35. The molecule has 1 aromatic rings. The lowest BCUT2D eigenvalue weighted by Crippen LogP contribution is -2.28. The average Bonchev–Trinajstić information content (AvgIpc) is 2.33. The van der Waals surface area contributed by atoms with E-state index in [-0.39, 0.29) is 22.6 Å². The van der Waals surface area contributed by atoms with Gasteiger partial charge >= 0.3 is 11.8 Å². The molecule has 0 aliphatic heterocycles. The fourth-order valence-corrected chi connectivity index (χ4v) is 4.00. The quantitative estimate of drug-likeness (QED) is 0.256. The Kier molecular flexibility index (Phi) is 6.22. The van der Waals surface area contributed by atoms with E-state index in [1.807, 2.05) is 26.9 Å². The molecule has 0 fully saturated rings. The molecule has 0 saturated heterocycles. The van der Waals surface area contributed by atoms with E-state index in [1.54, 1.807) is 0 Å². The second kappa shape index (κ2) is 7.43. The van der Waals surface area contributed by atoms with Crippen molar-refractivity contribution < 1.29 is 24.0 Å². The Morgan fingerprint density at radius 3 is 2.20 bits per heavy atom. The van der Waals surface area contributed by atoms with E-state index >= 15 is 0 Å². The zero-order chi connectivity index (χ0) is 19.6. The van der Waals surface area contributed by atoms with Crippen molar-refractivity contribution in [3.8, 4) is 11.5 Å². The molecule has 8 heteroatoms. The maximum atomic E-state index is 11.5. The number of carbonyl (C=O) groups is 1. The van der Waals surface area contributed by atoms with Crippen LogP contribution in [-0.4, -0.2) is 25.2 Å². The third-order valence-corrected chi connectivity index (χ3v) is 4.20. The monoisotopic (exact) mass is 369 g/mol. The van der Waals surface area contributed by atoms with E-state index in [0.717, 1.165) is 0 Å². The summed E-state index contributed by atoms with van der Waals surface area (Å²) >= 11 is 0. The highest BCUT2D eigenvalue weighted by molar-refractivity contribution is 6.49. The van der Waals surface area contributed by atoms with Crippen LogP contribution in [0.3, 0.4) is 0 Å². The van der Waals surface area contributed by atoms with Crippen molar-refractivity contribution >= 4 is 20.9 Å². The van der Waals surface area contributed by atoms with Gasteiger partial charge in [0, 0.05) is 11.6 Å². The average molecular weight is 369 g/mol. The number of rotatable bonds is 6. The van der Waals surface area contributed by atoms with Gasteiger partial charge in [-0.3, -0.25) is 10.1 Å². The molecular formula is C17H27NO6Si. The second-order valence-electron chi connectivity index (χ2n) is 8.20. The number of hydrogen-bond acceptors (Lipinski definition) is 5. The zero-order valence-electron chi connectivity index (χ0n) is 15.9. The van der Waals surface area contributed by atoms with Crippen LogP contribution in [0.25, 0.3) is 0 Å². The summed E-state index contributed by atoms with van der Waals surface area (Å²) in [6, 6.07) is 2.57. The Balaban J connectivity index is 3.73. The first-order chi connectivity index (χ1) is 11.2. The van der Waals surface area contributed by atoms with Crippen molar-refractivity contribution in [2.75, 3.05) is 0 Å². The van der Waals surface area contributed by atoms with Crippen LogP contribution in [-0.2, 0) is 5.41 Å². The molecule has 0 unspecified atom stereocenters. The van der Waals surface area contributed by atoms with Gasteiger partial charge in [-0.2, -0.15) is 0 Å². The summed E-state index contributed by atoms with van der Waals surface area (Å²) in [4.78, 5) is 22.1. The third kappa shape index (κ3) is 5.74. The Labute approximate surface area is 149 Å². The number of benzene rings is 1. The fourth-order valence-electron chi connectivity index (χ4n) is 3.29. The molecule has 7 nitrogen and oxygen atoms in total. The topological polar surface area (TPSA) is 98.9 Å². The minimum Gasteiger partial charge on any atom is -0.542 e. The van der Waals surface area contributed by atoms with Gasteiger partial charge < -0.3 is 14.3 Å². The van der Waals surface area contributed by atoms with Gasteiger partial charge in [-0.25, -0.2) is 4.79 Å². The second-order valence-corrected chi connectivity index (χ2v) is 10.5. The van der Waals surface area contributed by atoms with E-state index in [4.69, 9.17) is 14.3 Å². The van der Waals surface area contributed by atoms with Crippen LogP contribution in [0.4, 0.5) is 10.5 Å². The van der Waals surface area contributed by atoms with Crippen molar-refractivity contribution in [1.82, 2.24) is 0 Å². The first-order valence-electron chi connectivity index (χ1n) is 8.14. The third-order valence-electron chi connectivity index (χ3n) is 3.50. The first-order valence-corrected chi connectivity index (χ1v) is 10.9. The number of ether oxygens (including phenoxy) is 1. The predicted octanol–water partition coefficient (Wildman–Crippen LogP) is 4.73. The van der Waals surface area contributed by atoms with E-state index in [1.165, 1.54) is 12.1 Å². The minimum atomic E-state index is -1.68. The highest BCUT2D eigenvalue weighted by Gasteiger charge is 2.37. The smallest absolute Gasteiger partial charge is 0.511 e. The molecule has 1 N–H and O–H groups in total. The van der Waals surface area contributed by atoms with Crippen LogP contribution >= 0.6 is 0 Å². The normalized spacial score (nSPS) is 12.2. The molecule has 0 radical (unpaired) electrons. The predicted molar refractivity (Wildman–Crippen MR) is 98.4 cm³/mol. The summed E-state index contributed by atoms with van der Waals surface area (Å²) in [6.07, 6.45) is -0.804. The summed E-state index contributed by atoms with van der Waals surface area (Å²) in [5.41, 5.74) is -0.411. The van der Waals surface area contributed by atoms with Crippen molar-refractivity contribution in [3.63, 3.8) is 0 Å². The molecule has 1 aromatic carbocycles. The molecule has 0 aliphatic carbocycles. The highest BCUT2D eigenvalue weighted by atomic mass is 28.3. The highest BCUT2D eigenvalue weighted by Crippen LogP contribution is 2.48. The summed E-state index contributed by atoms with van der Waals surface area (Å²) in [7, 11) is -1.68. The van der Waals surface area contributed by atoms with Crippen molar-refractivity contribution in [3.05, 3.63) is 27.8 Å². The molecule has 1 rings (SSSR count). The largest absolute Gasteiger partial charge is 0.542 e. The van der Waals surface area contributed by atoms with Gasteiger partial charge in [-0.15, -0.1) is 0 Å². The maximum absolute atomic E-state index is 11.5. The standard InChI is InChI=1S/C17H27NO6Si/c1-16(2,3)10-17(4,5)13-12(23-15(19)20)9-8-11(18(21)22)14(13)24-25(6)7/h8-9,25H,10H2,1-7H3,(H,19,20). The molecule has 0 aromatic heterocycles. The molecule has 0 bridgehead atoms. The van der Waals surface area contributed by atoms with Crippen LogP contribution in [0.5, 0.6) is 11.5 Å². The number of nitrogens with zero attached hydrogens (tertiary/aromatic N) is 1. The maximum Gasteiger partial charge on any atom is 0.511 e. The number of carboxylic acid groups (broad SMARTS) is 1. The Bertz CT molecular complexity index is 664. The van der Waals surface area contributed by atoms with Gasteiger partial charge in [0.2, 0.25) is 9.04 Å². The van der Waals surface area contributed by atoms with Crippen molar-refractivity contribution in [2.45, 2.75) is 59.5 Å². The van der Waals surface area contributed by atoms with Gasteiger partial charge in [-0.05, 0) is 36.4 Å². The van der Waals surface area contributed by atoms with Gasteiger partial charge in [0.05, 0.1) is 4.92 Å². The van der Waals surface area contributed by atoms with Gasteiger partial charge in [-0.1, -0.05) is 34.6 Å². The van der Waals surface area contributed by atoms with Crippen LogP contribution in [0, 0.1) is 15.5 Å². The van der Waals surface area contributed by atoms with Crippen LogP contribution < -0.4 is 9.16 Å². The molecule has 25 heavy (non-hydrogen) atoms. The number of nitro benzene ring substituents is 1. The van der Waals surface area contributed by atoms with Gasteiger partial charge in [0.1, 0.15) is 5.75 Å². The SMILES string of the molecule is C[SiH](C)Oc1c([N+](=O)[O-])ccc(OC(=O)O)c1C(C)(C)CC(C)(C)C. The molecule has 140 valence electrons. The minimum absolute atomic E-state index is 0.0806. The Morgan fingerprint density at radius 2 is 1.80 bits per heavy atom. The van der Waals surface area contributed by atoms with Crippen molar-refractivity contribution in [1.29, 1.82) is 0 Å². The van der Waals surface area contributed by atoms with Crippen LogP contribution in [0.15, 0.2) is 12.1 Å². The molecule has 0 amide bonds. The summed E-state index contributed by atoms with van der Waals surface area (Å²) in [5.74, 6) is 0.205. The van der Waals surface area contributed by atoms with E-state index < -0.39 is 25.5 Å². The summed E-state index contributed by atoms with van der Waals surface area (Å²) < 4.78 is 10.8. The van der Waals surface area contributed by atoms with Crippen LogP contribution in [0.1, 0.15) is 46.6 Å². The lowest BCUT2D eigenvalue weighted by molar-refractivity contribution is -0.385. The summed E-state index contributed by atoms with van der Waals surface area (Å²) in [6.45, 7) is 13.8. The molecule has 0 aliphatic rings. The molecule has 0 spiro atoms. The van der Waals surface area contributed by atoms with E-state index in [9.17, 15) is 14.9 Å². The van der Waals surface area contributed by atoms with Crippen molar-refractivity contribution in [2.24, 2.45) is 5.41 Å². The molecular weight excluding hydrogens is 342 g/mol. The van der Waals surface area contributed by atoms with Gasteiger partial charge in [0.15, 0.2) is 5.75 Å². The molecule has 0 atom stereocenters. The summed E-state index contributed by atoms with van der Waals surface area (Å²) in [5, 5.41) is 20.5. The molecule has 0 saturated carbocycles. The van der Waals surface area contributed by atoms with Crippen LogP contribution in [0.2, 0.25) is 13.1 Å². The van der Waals surface area contributed by atoms with Gasteiger partial charge in [0.25, 0.3) is 0 Å². The number of hydrogen-bond donors (Lipinski definition) is 1. The Hall–Kier alpha value is -2.09.